The lowest BCUT2D eigenvalue weighted by atomic mass is 10.1. The van der Waals surface area contributed by atoms with E-state index < -0.39 is 10.9 Å². The topological polar surface area (TPSA) is 98.1 Å². The molecule has 1 heterocycles. The first-order chi connectivity index (χ1) is 7.63. The van der Waals surface area contributed by atoms with Gasteiger partial charge in [0, 0.05) is 11.5 Å². The Labute approximate surface area is 89.2 Å². The predicted octanol–water partition coefficient (Wildman–Crippen LogP) is 1.26. The van der Waals surface area contributed by atoms with E-state index in [1.807, 2.05) is 0 Å². The zero-order valence-corrected chi connectivity index (χ0v) is 8.26. The van der Waals surface area contributed by atoms with Crippen LogP contribution < -0.4 is 0 Å². The number of rotatable bonds is 2. The first kappa shape index (κ1) is 10.1. The number of carbonyl (C=O) groups excluding carboxylic acids is 1. The Morgan fingerprint density at radius 3 is 2.94 bits per heavy atom. The Morgan fingerprint density at radius 1 is 1.56 bits per heavy atom. The lowest BCUT2D eigenvalue weighted by molar-refractivity contribution is -0.383. The summed E-state index contributed by atoms with van der Waals surface area (Å²) in [5.41, 5.74) is 0.219. The molecular formula is C9H7N3O4. The van der Waals surface area contributed by atoms with Gasteiger partial charge in [0.1, 0.15) is 5.52 Å². The van der Waals surface area contributed by atoms with E-state index in [4.69, 9.17) is 0 Å². The van der Waals surface area contributed by atoms with E-state index in [1.165, 1.54) is 19.4 Å². The van der Waals surface area contributed by atoms with E-state index in [9.17, 15) is 14.9 Å². The number of benzene rings is 1. The van der Waals surface area contributed by atoms with Crippen molar-refractivity contribution >= 4 is 22.6 Å². The molecule has 16 heavy (non-hydrogen) atoms. The summed E-state index contributed by atoms with van der Waals surface area (Å²) in [4.78, 5) is 21.5. The summed E-state index contributed by atoms with van der Waals surface area (Å²) in [6, 6.07) is 2.64. The number of ether oxygens (including phenoxy) is 1. The van der Waals surface area contributed by atoms with Crippen LogP contribution in [0.4, 0.5) is 5.69 Å². The van der Waals surface area contributed by atoms with Gasteiger partial charge < -0.3 is 4.74 Å². The third-order valence-corrected chi connectivity index (χ3v) is 2.15. The molecule has 2 rings (SSSR count). The van der Waals surface area contributed by atoms with Crippen LogP contribution in [0.2, 0.25) is 0 Å². The number of nitrogens with zero attached hydrogens (tertiary/aromatic N) is 2. The van der Waals surface area contributed by atoms with Gasteiger partial charge in [-0.15, -0.1) is 0 Å². The molecule has 0 atom stereocenters. The molecule has 1 aromatic carbocycles. The molecule has 0 unspecified atom stereocenters. The number of nitro benzene ring substituents is 1. The maximum absolute atomic E-state index is 11.3. The van der Waals surface area contributed by atoms with Crippen molar-refractivity contribution in [1.82, 2.24) is 10.2 Å². The van der Waals surface area contributed by atoms with Crippen molar-refractivity contribution in [2.45, 2.75) is 0 Å². The molecule has 0 spiro atoms. The summed E-state index contributed by atoms with van der Waals surface area (Å²) >= 11 is 0. The molecule has 0 aliphatic heterocycles. The molecule has 82 valence electrons. The molecule has 2 aromatic rings. The highest BCUT2D eigenvalue weighted by Gasteiger charge is 2.18. The van der Waals surface area contributed by atoms with Crippen LogP contribution in [0, 0.1) is 10.1 Å². The number of aromatic amines is 1. The number of aromatic nitrogens is 2. The lowest BCUT2D eigenvalue weighted by Gasteiger charge is -1.99. The summed E-state index contributed by atoms with van der Waals surface area (Å²) < 4.78 is 4.50. The van der Waals surface area contributed by atoms with Crippen LogP contribution in [-0.2, 0) is 4.74 Å². The second kappa shape index (κ2) is 3.61. The van der Waals surface area contributed by atoms with Gasteiger partial charge in [0.05, 0.1) is 23.8 Å². The van der Waals surface area contributed by atoms with Crippen LogP contribution in [0.5, 0.6) is 0 Å². The van der Waals surface area contributed by atoms with Crippen LogP contribution in [0.1, 0.15) is 10.4 Å². The first-order valence-corrected chi connectivity index (χ1v) is 4.33. The maximum Gasteiger partial charge on any atom is 0.338 e. The van der Waals surface area contributed by atoms with Gasteiger partial charge >= 0.3 is 5.97 Å². The Bertz CT molecular complexity index is 575. The SMILES string of the molecule is COC(=O)c1cc([N+](=O)[O-])c2[nH]ncc2c1. The standard InChI is InChI=1S/C9H7N3O4/c1-16-9(13)5-2-6-4-10-11-8(6)7(3-5)12(14)15/h2-4H,1H3,(H,10,11). The number of H-pyrrole nitrogens is 1. The number of nitro groups is 1. The van der Waals surface area contributed by atoms with E-state index in [-0.39, 0.29) is 16.8 Å². The molecule has 0 saturated carbocycles. The van der Waals surface area contributed by atoms with Gasteiger partial charge in [-0.05, 0) is 6.07 Å². The molecule has 0 radical (unpaired) electrons. The summed E-state index contributed by atoms with van der Waals surface area (Å²) in [5.74, 6) is -0.619. The Kier molecular flexibility index (Phi) is 2.28. The minimum Gasteiger partial charge on any atom is -0.465 e. The molecular weight excluding hydrogens is 214 g/mol. The molecule has 0 saturated heterocycles. The zero-order valence-electron chi connectivity index (χ0n) is 8.26. The summed E-state index contributed by atoms with van der Waals surface area (Å²) in [6.45, 7) is 0. The monoisotopic (exact) mass is 221 g/mol. The summed E-state index contributed by atoms with van der Waals surface area (Å²) in [7, 11) is 1.22. The number of carbonyl (C=O) groups is 1. The number of hydrogen-bond acceptors (Lipinski definition) is 5. The molecule has 0 aliphatic rings. The lowest BCUT2D eigenvalue weighted by Crippen LogP contribution is -2.02. The molecule has 0 fully saturated rings. The maximum atomic E-state index is 11.3. The highest BCUT2D eigenvalue weighted by Crippen LogP contribution is 2.25. The van der Waals surface area contributed by atoms with Crippen LogP contribution in [-0.4, -0.2) is 28.2 Å². The third-order valence-electron chi connectivity index (χ3n) is 2.15. The minimum atomic E-state index is -0.619. The summed E-state index contributed by atoms with van der Waals surface area (Å²) in [6.07, 6.45) is 1.41. The fourth-order valence-electron chi connectivity index (χ4n) is 1.42. The van der Waals surface area contributed by atoms with Gasteiger partial charge in [0.15, 0.2) is 0 Å². The van der Waals surface area contributed by atoms with Crippen LogP contribution in [0.15, 0.2) is 18.3 Å². The van der Waals surface area contributed by atoms with Gasteiger partial charge in [-0.25, -0.2) is 4.79 Å². The fourth-order valence-corrected chi connectivity index (χ4v) is 1.42. The smallest absolute Gasteiger partial charge is 0.338 e. The first-order valence-electron chi connectivity index (χ1n) is 4.33. The molecule has 7 heteroatoms. The molecule has 0 amide bonds. The summed E-state index contributed by atoms with van der Waals surface area (Å²) in [5, 5.41) is 17.5. The molecule has 0 aliphatic carbocycles. The van der Waals surface area contributed by atoms with Gasteiger partial charge in [0.25, 0.3) is 5.69 Å². The number of fused-ring (bicyclic) bond motifs is 1. The average molecular weight is 221 g/mol. The van der Waals surface area contributed by atoms with Crippen molar-refractivity contribution < 1.29 is 14.5 Å². The normalized spacial score (nSPS) is 10.3. The van der Waals surface area contributed by atoms with E-state index in [1.54, 1.807) is 0 Å². The quantitative estimate of drug-likeness (QED) is 0.467. The van der Waals surface area contributed by atoms with E-state index >= 15 is 0 Å². The second-order valence-corrected chi connectivity index (χ2v) is 3.08. The molecule has 7 nitrogen and oxygen atoms in total. The fraction of sp³-hybridized carbons (Fsp3) is 0.111. The number of nitrogens with one attached hydrogen (secondary N) is 1. The van der Waals surface area contributed by atoms with Gasteiger partial charge in [-0.3, -0.25) is 15.2 Å². The van der Waals surface area contributed by atoms with Gasteiger partial charge in [-0.2, -0.15) is 5.10 Å². The minimum absolute atomic E-state index is 0.128. The number of esters is 1. The highest BCUT2D eigenvalue weighted by atomic mass is 16.6. The van der Waals surface area contributed by atoms with Crippen molar-refractivity contribution in [3.63, 3.8) is 0 Å². The van der Waals surface area contributed by atoms with E-state index in [2.05, 4.69) is 14.9 Å². The molecule has 0 bridgehead atoms. The van der Waals surface area contributed by atoms with Crippen molar-refractivity contribution in [1.29, 1.82) is 0 Å². The van der Waals surface area contributed by atoms with Crippen LogP contribution >= 0.6 is 0 Å². The van der Waals surface area contributed by atoms with E-state index in [0.29, 0.717) is 5.39 Å². The molecule has 1 N–H and O–H groups in total. The van der Waals surface area contributed by atoms with E-state index in [0.717, 1.165) is 6.07 Å². The van der Waals surface area contributed by atoms with Crippen molar-refractivity contribution in [2.24, 2.45) is 0 Å². The average Bonchev–Trinajstić information content (AvgIpc) is 2.74. The number of non-ortho nitro benzene ring substituents is 1. The van der Waals surface area contributed by atoms with Crippen LogP contribution in [0.3, 0.4) is 0 Å². The Hall–Kier alpha value is -2.44. The third kappa shape index (κ3) is 1.48. The van der Waals surface area contributed by atoms with Crippen molar-refractivity contribution in [2.75, 3.05) is 7.11 Å². The van der Waals surface area contributed by atoms with Crippen molar-refractivity contribution in [3.8, 4) is 0 Å². The number of hydrogen-bond donors (Lipinski definition) is 1. The Balaban J connectivity index is 2.71. The van der Waals surface area contributed by atoms with Crippen LogP contribution in [0.25, 0.3) is 10.9 Å². The highest BCUT2D eigenvalue weighted by molar-refractivity contribution is 5.98. The zero-order chi connectivity index (χ0) is 11.7. The van der Waals surface area contributed by atoms with Crippen molar-refractivity contribution in [3.05, 3.63) is 34.0 Å². The Morgan fingerprint density at radius 2 is 2.31 bits per heavy atom. The number of methoxy groups -OCH3 is 1. The second-order valence-electron chi connectivity index (χ2n) is 3.08. The van der Waals surface area contributed by atoms with Gasteiger partial charge in [-0.1, -0.05) is 0 Å². The molecule has 1 aromatic heterocycles. The van der Waals surface area contributed by atoms with Gasteiger partial charge in [0.2, 0.25) is 0 Å². The largest absolute Gasteiger partial charge is 0.465 e. The predicted molar refractivity (Wildman–Crippen MR) is 54.1 cm³/mol.